The number of esters is 1. The average molecular weight is 333 g/mol. The average Bonchev–Trinajstić information content (AvgIpc) is 3.09. The highest BCUT2D eigenvalue weighted by Gasteiger charge is 2.20. The predicted octanol–water partition coefficient (Wildman–Crippen LogP) is 3.18. The monoisotopic (exact) mass is 333 g/mol. The quantitative estimate of drug-likeness (QED) is 0.791. The van der Waals surface area contributed by atoms with Gasteiger partial charge < -0.3 is 14.8 Å². The number of nitrogens with one attached hydrogen (secondary N) is 1. The molecule has 0 spiro atoms. The second-order valence-electron chi connectivity index (χ2n) is 4.79. The molecule has 0 bridgehead atoms. The molecule has 1 unspecified atom stereocenters. The molecule has 2 rings (SSSR count). The second kappa shape index (κ2) is 8.33. The van der Waals surface area contributed by atoms with Crippen LogP contribution >= 0.6 is 11.3 Å². The van der Waals surface area contributed by atoms with Gasteiger partial charge in [-0.05, 0) is 36.1 Å². The van der Waals surface area contributed by atoms with Crippen molar-refractivity contribution in [3.8, 4) is 5.75 Å². The van der Waals surface area contributed by atoms with Gasteiger partial charge in [0.15, 0.2) is 0 Å². The minimum Gasteiger partial charge on any atom is -0.497 e. The molecule has 0 aliphatic heterocycles. The van der Waals surface area contributed by atoms with Gasteiger partial charge in [-0.25, -0.2) is 0 Å². The Kier molecular flexibility index (Phi) is 6.17. The van der Waals surface area contributed by atoms with Gasteiger partial charge in [0.2, 0.25) is 0 Å². The SMILES string of the molecule is CCOC(=O)CC(NC(=O)c1cccs1)c1ccc(OC)cc1. The fourth-order valence-corrected chi connectivity index (χ4v) is 2.74. The van der Waals surface area contributed by atoms with E-state index in [2.05, 4.69) is 5.32 Å². The summed E-state index contributed by atoms with van der Waals surface area (Å²) in [5.41, 5.74) is 0.823. The zero-order valence-corrected chi connectivity index (χ0v) is 13.9. The minimum absolute atomic E-state index is 0.0806. The van der Waals surface area contributed by atoms with Crippen LogP contribution in [0.4, 0.5) is 0 Å². The van der Waals surface area contributed by atoms with Crippen LogP contribution in [0.2, 0.25) is 0 Å². The number of benzene rings is 1. The molecule has 5 nitrogen and oxygen atoms in total. The Balaban J connectivity index is 2.16. The summed E-state index contributed by atoms with van der Waals surface area (Å²) in [6, 6.07) is 10.4. The maximum atomic E-state index is 12.3. The lowest BCUT2D eigenvalue weighted by Gasteiger charge is -2.18. The Labute approximate surface area is 139 Å². The van der Waals surface area contributed by atoms with Gasteiger partial charge in [-0.1, -0.05) is 18.2 Å². The zero-order chi connectivity index (χ0) is 16.7. The van der Waals surface area contributed by atoms with E-state index in [-0.39, 0.29) is 18.3 Å². The van der Waals surface area contributed by atoms with Crippen LogP contribution in [0.15, 0.2) is 41.8 Å². The third kappa shape index (κ3) is 4.82. The van der Waals surface area contributed by atoms with Crippen LogP contribution in [0.1, 0.15) is 34.6 Å². The standard InChI is InChI=1S/C17H19NO4S/c1-3-22-16(19)11-14(12-6-8-13(21-2)9-7-12)18-17(20)15-5-4-10-23-15/h4-10,14H,3,11H2,1-2H3,(H,18,20). The number of hydrogen-bond donors (Lipinski definition) is 1. The van der Waals surface area contributed by atoms with E-state index in [1.165, 1.54) is 11.3 Å². The molecule has 1 heterocycles. The van der Waals surface area contributed by atoms with E-state index in [1.54, 1.807) is 32.2 Å². The van der Waals surface area contributed by atoms with E-state index in [9.17, 15) is 9.59 Å². The van der Waals surface area contributed by atoms with Gasteiger partial charge in [-0.3, -0.25) is 9.59 Å². The number of rotatable bonds is 7. The van der Waals surface area contributed by atoms with Crippen molar-refractivity contribution < 1.29 is 19.1 Å². The molecule has 1 aromatic heterocycles. The second-order valence-corrected chi connectivity index (χ2v) is 5.73. The molecule has 0 saturated carbocycles. The van der Waals surface area contributed by atoms with E-state index in [4.69, 9.17) is 9.47 Å². The molecule has 2 aromatic rings. The molecular weight excluding hydrogens is 314 g/mol. The Morgan fingerprint density at radius 1 is 1.22 bits per heavy atom. The predicted molar refractivity (Wildman–Crippen MR) is 88.8 cm³/mol. The normalized spacial score (nSPS) is 11.6. The van der Waals surface area contributed by atoms with Crippen LogP contribution in [-0.2, 0) is 9.53 Å². The summed E-state index contributed by atoms with van der Waals surface area (Å²) in [6.07, 6.45) is 0.0806. The topological polar surface area (TPSA) is 64.6 Å². The maximum Gasteiger partial charge on any atom is 0.308 e. The fraction of sp³-hybridized carbons (Fsp3) is 0.294. The summed E-state index contributed by atoms with van der Waals surface area (Å²) in [6.45, 7) is 2.07. The number of thiophene rings is 1. The number of carbonyl (C=O) groups excluding carboxylic acids is 2. The van der Waals surface area contributed by atoms with Crippen molar-refractivity contribution in [1.29, 1.82) is 0 Å². The van der Waals surface area contributed by atoms with Crippen molar-refractivity contribution in [1.82, 2.24) is 5.32 Å². The summed E-state index contributed by atoms with van der Waals surface area (Å²) >= 11 is 1.36. The van der Waals surface area contributed by atoms with Gasteiger partial charge in [0.05, 0.1) is 31.1 Å². The molecule has 0 aliphatic rings. The largest absolute Gasteiger partial charge is 0.497 e. The first kappa shape index (κ1) is 17.0. The maximum absolute atomic E-state index is 12.3. The first-order chi connectivity index (χ1) is 11.1. The molecule has 1 atom stereocenters. The first-order valence-corrected chi connectivity index (χ1v) is 8.16. The van der Waals surface area contributed by atoms with Crippen molar-refractivity contribution in [3.63, 3.8) is 0 Å². The van der Waals surface area contributed by atoms with Crippen molar-refractivity contribution in [2.75, 3.05) is 13.7 Å². The number of ether oxygens (including phenoxy) is 2. The van der Waals surface area contributed by atoms with Crippen LogP contribution in [0.3, 0.4) is 0 Å². The first-order valence-electron chi connectivity index (χ1n) is 7.28. The highest BCUT2D eigenvalue weighted by molar-refractivity contribution is 7.12. The minimum atomic E-state index is -0.449. The molecule has 0 fully saturated rings. The van der Waals surface area contributed by atoms with Crippen LogP contribution in [0.5, 0.6) is 5.75 Å². The molecule has 1 amide bonds. The summed E-state index contributed by atoms with van der Waals surface area (Å²) in [7, 11) is 1.59. The summed E-state index contributed by atoms with van der Waals surface area (Å²) in [4.78, 5) is 24.7. The third-order valence-corrected chi connectivity index (χ3v) is 4.11. The third-order valence-electron chi connectivity index (χ3n) is 3.24. The van der Waals surface area contributed by atoms with Crippen molar-refractivity contribution in [2.45, 2.75) is 19.4 Å². The van der Waals surface area contributed by atoms with Gasteiger partial charge in [0.25, 0.3) is 5.91 Å². The van der Waals surface area contributed by atoms with E-state index in [0.29, 0.717) is 17.2 Å². The molecule has 0 radical (unpaired) electrons. The number of methoxy groups -OCH3 is 1. The molecule has 1 aromatic carbocycles. The number of amides is 1. The summed E-state index contributed by atoms with van der Waals surface area (Å²) in [5, 5.41) is 4.73. The summed E-state index contributed by atoms with van der Waals surface area (Å²) in [5.74, 6) is 0.165. The van der Waals surface area contributed by atoms with E-state index in [1.807, 2.05) is 23.6 Å². The molecule has 0 aliphatic carbocycles. The molecule has 1 N–H and O–H groups in total. The van der Waals surface area contributed by atoms with Crippen molar-refractivity contribution in [2.24, 2.45) is 0 Å². The fourth-order valence-electron chi connectivity index (χ4n) is 2.11. The van der Waals surface area contributed by atoms with Crippen LogP contribution in [0, 0.1) is 0 Å². The number of hydrogen-bond acceptors (Lipinski definition) is 5. The van der Waals surface area contributed by atoms with Gasteiger partial charge in [0, 0.05) is 0 Å². The highest BCUT2D eigenvalue weighted by atomic mass is 32.1. The van der Waals surface area contributed by atoms with Gasteiger partial charge >= 0.3 is 5.97 Å². The number of carbonyl (C=O) groups is 2. The van der Waals surface area contributed by atoms with Crippen molar-refractivity contribution >= 4 is 23.2 Å². The van der Waals surface area contributed by atoms with Gasteiger partial charge in [0.1, 0.15) is 5.75 Å². The van der Waals surface area contributed by atoms with E-state index in [0.717, 1.165) is 5.56 Å². The Morgan fingerprint density at radius 2 is 1.96 bits per heavy atom. The smallest absolute Gasteiger partial charge is 0.308 e. The van der Waals surface area contributed by atoms with Crippen LogP contribution in [0.25, 0.3) is 0 Å². The Hall–Kier alpha value is -2.34. The van der Waals surface area contributed by atoms with E-state index >= 15 is 0 Å². The van der Waals surface area contributed by atoms with Crippen molar-refractivity contribution in [3.05, 3.63) is 52.2 Å². The lowest BCUT2D eigenvalue weighted by atomic mass is 10.0. The molecule has 122 valence electrons. The summed E-state index contributed by atoms with van der Waals surface area (Å²) < 4.78 is 10.1. The molecular formula is C17H19NO4S. The molecule has 0 saturated heterocycles. The Morgan fingerprint density at radius 3 is 2.52 bits per heavy atom. The molecule has 23 heavy (non-hydrogen) atoms. The lowest BCUT2D eigenvalue weighted by Crippen LogP contribution is -2.30. The van der Waals surface area contributed by atoms with Crippen LogP contribution < -0.4 is 10.1 Å². The zero-order valence-electron chi connectivity index (χ0n) is 13.1. The highest BCUT2D eigenvalue weighted by Crippen LogP contribution is 2.22. The van der Waals surface area contributed by atoms with Gasteiger partial charge in [-0.15, -0.1) is 11.3 Å². The van der Waals surface area contributed by atoms with Crippen LogP contribution in [-0.4, -0.2) is 25.6 Å². The molecule has 6 heteroatoms. The van der Waals surface area contributed by atoms with E-state index < -0.39 is 6.04 Å². The lowest BCUT2D eigenvalue weighted by molar-refractivity contribution is -0.143. The van der Waals surface area contributed by atoms with Gasteiger partial charge in [-0.2, -0.15) is 0 Å². The Bertz CT molecular complexity index is 637.